The zero-order valence-corrected chi connectivity index (χ0v) is 45.5. The summed E-state index contributed by atoms with van der Waals surface area (Å²) in [7, 11) is -4.04. The van der Waals surface area contributed by atoms with Crippen LogP contribution < -0.4 is 15.8 Å². The van der Waals surface area contributed by atoms with E-state index in [4.69, 9.17) is 27.9 Å². The Bertz CT molecular complexity index is 3050. The van der Waals surface area contributed by atoms with Crippen LogP contribution in [0.1, 0.15) is 83.1 Å². The van der Waals surface area contributed by atoms with Crippen molar-refractivity contribution in [3.63, 3.8) is 0 Å². The smallest absolute Gasteiger partial charge is 0.405 e. The van der Waals surface area contributed by atoms with Crippen LogP contribution in [-0.2, 0) is 27.9 Å². The number of benzene rings is 8. The molecule has 67 heavy (non-hydrogen) atoms. The van der Waals surface area contributed by atoms with E-state index in [2.05, 4.69) is 170 Å². The van der Waals surface area contributed by atoms with Crippen LogP contribution >= 0.6 is 0 Å². The van der Waals surface area contributed by atoms with E-state index in [0.717, 1.165) is 5.46 Å². The van der Waals surface area contributed by atoms with Gasteiger partial charge in [0.1, 0.15) is 0 Å². The van der Waals surface area contributed by atoms with Crippen molar-refractivity contribution in [3.8, 4) is 0 Å². The lowest BCUT2D eigenvalue weighted by atomic mass is 9.49. The van der Waals surface area contributed by atoms with Gasteiger partial charge in [0.05, 0.1) is 49.8 Å². The molecule has 6 nitrogen and oxygen atoms in total. The minimum Gasteiger partial charge on any atom is -0.405 e. The maximum absolute atomic E-state index is 6.32. The van der Waals surface area contributed by atoms with Crippen molar-refractivity contribution >= 4 is 118 Å². The molecule has 11 heteroatoms. The average Bonchev–Trinajstić information content (AvgIpc) is 3.70. The molecule has 3 heterocycles. The third-order valence-electron chi connectivity index (χ3n) is 16.1. The monoisotopic (exact) mass is 929 g/mol. The standard InChI is InChI=1S/C25H29BO2Si.C19H18Si.C12H24B2O4/c1-24(2)25(3,4)28-26(27-24)19-14-17-9-8-16-11-13-21(29(5,6)7)20-12-10-18(15-19)22(17)23(16)20;1-20(2,3)17-12-10-15-8-7-13-5-4-6-14-9-11-16(17)19(15)18(13)14;1-9(2)10(3,4)16-13(15-9)14-17-11(5,6)12(7,8)18-14/h8-15H,1-7H3;4-12H,1-3H3;1-8H3. The van der Waals surface area contributed by atoms with Crippen LogP contribution in [0.3, 0.4) is 0 Å². The van der Waals surface area contributed by atoms with Gasteiger partial charge in [0.15, 0.2) is 0 Å². The molecule has 3 aliphatic rings. The van der Waals surface area contributed by atoms with Crippen molar-refractivity contribution in [2.75, 3.05) is 0 Å². The first kappa shape index (κ1) is 48.3. The highest BCUT2D eigenvalue weighted by Crippen LogP contribution is 2.44. The van der Waals surface area contributed by atoms with E-state index >= 15 is 0 Å². The maximum atomic E-state index is 6.32. The average molecular weight is 929 g/mol. The Morgan fingerprint density at radius 3 is 0.985 bits per heavy atom. The van der Waals surface area contributed by atoms with E-state index < -0.39 is 30.2 Å². The zero-order valence-electron chi connectivity index (χ0n) is 43.5. The van der Waals surface area contributed by atoms with E-state index in [1.165, 1.54) is 69.8 Å². The van der Waals surface area contributed by atoms with Crippen LogP contribution in [0.2, 0.25) is 39.3 Å². The summed E-state index contributed by atoms with van der Waals surface area (Å²) in [6.45, 7) is 39.2. The third kappa shape index (κ3) is 8.27. The Kier molecular flexibility index (Phi) is 11.4. The Morgan fingerprint density at radius 1 is 0.328 bits per heavy atom. The van der Waals surface area contributed by atoms with Crippen molar-refractivity contribution in [2.24, 2.45) is 0 Å². The molecule has 0 spiro atoms. The predicted octanol–water partition coefficient (Wildman–Crippen LogP) is 12.8. The normalized spacial score (nSPS) is 20.7. The second kappa shape index (κ2) is 15.9. The molecule has 348 valence electrons. The molecule has 8 aromatic carbocycles. The van der Waals surface area contributed by atoms with Crippen molar-refractivity contribution in [2.45, 2.75) is 156 Å². The molecule has 3 saturated heterocycles. The van der Waals surface area contributed by atoms with Crippen LogP contribution in [0.4, 0.5) is 0 Å². The van der Waals surface area contributed by atoms with Gasteiger partial charge in [-0.1, -0.05) is 153 Å². The van der Waals surface area contributed by atoms with Crippen LogP contribution in [0.15, 0.2) is 103 Å². The molecule has 0 unspecified atom stereocenters. The summed E-state index contributed by atoms with van der Waals surface area (Å²) in [5, 5.41) is 19.6. The summed E-state index contributed by atoms with van der Waals surface area (Å²) in [6.07, 6.45) is 0. The van der Waals surface area contributed by atoms with Gasteiger partial charge in [-0.05, 0) is 153 Å². The lowest BCUT2D eigenvalue weighted by molar-refractivity contribution is 0.00578. The van der Waals surface area contributed by atoms with Gasteiger partial charge in [-0.2, -0.15) is 0 Å². The minimum atomic E-state index is -1.43. The number of rotatable bonds is 4. The molecule has 0 atom stereocenters. The highest BCUT2D eigenvalue weighted by atomic mass is 28.3. The Morgan fingerprint density at radius 2 is 0.612 bits per heavy atom. The van der Waals surface area contributed by atoms with E-state index in [9.17, 15) is 0 Å². The molecule has 0 amide bonds. The van der Waals surface area contributed by atoms with Gasteiger partial charge < -0.3 is 27.9 Å². The molecule has 11 rings (SSSR count). The molecule has 0 N–H and O–H groups in total. The van der Waals surface area contributed by atoms with Gasteiger partial charge in [-0.15, -0.1) is 0 Å². The van der Waals surface area contributed by atoms with Gasteiger partial charge in [0.2, 0.25) is 0 Å². The highest BCUT2D eigenvalue weighted by Gasteiger charge is 2.63. The molecule has 0 aliphatic carbocycles. The van der Waals surface area contributed by atoms with E-state index in [1.54, 1.807) is 5.19 Å². The molecule has 0 aromatic heterocycles. The molecule has 0 saturated carbocycles. The fourth-order valence-electron chi connectivity index (χ4n) is 10.0. The minimum absolute atomic E-state index is 0.331. The SMILES string of the molecule is CC1(C)OB(B2OC(C)(C)C(C)(C)O2)OC1(C)C.CC1(C)OB(c2cc3ccc4ccc([Si](C)(C)C)c5ccc(c2)c3c45)OC1(C)C.C[Si](C)(C)c1ccc2ccc3cccc4ccc1c2c34. The zero-order chi connectivity index (χ0) is 48.7. The highest BCUT2D eigenvalue weighted by molar-refractivity contribution is 7.11. The molecule has 3 fully saturated rings. The van der Waals surface area contributed by atoms with Gasteiger partial charge in [0.25, 0.3) is 0 Å². The third-order valence-corrected chi connectivity index (χ3v) is 20.2. The Hall–Kier alpha value is -3.77. The molecular formula is C56H71B3O6Si2. The fourth-order valence-corrected chi connectivity index (χ4v) is 13.2. The number of hydrogen-bond acceptors (Lipinski definition) is 6. The topological polar surface area (TPSA) is 55.4 Å². The number of hydrogen-bond donors (Lipinski definition) is 0. The van der Waals surface area contributed by atoms with Crippen LogP contribution in [0.5, 0.6) is 0 Å². The van der Waals surface area contributed by atoms with Crippen molar-refractivity contribution < 1.29 is 27.9 Å². The summed E-state index contributed by atoms with van der Waals surface area (Å²) >= 11 is 0. The Labute approximate surface area is 402 Å². The first-order chi connectivity index (χ1) is 30.9. The quantitative estimate of drug-likeness (QED) is 0.129. The Balaban J connectivity index is 0.000000131. The van der Waals surface area contributed by atoms with E-state index in [1.807, 2.05) is 55.4 Å². The van der Waals surface area contributed by atoms with Crippen molar-refractivity contribution in [1.29, 1.82) is 0 Å². The summed E-state index contributed by atoms with van der Waals surface area (Å²) in [4.78, 5) is 0. The van der Waals surface area contributed by atoms with Crippen LogP contribution in [0, 0.1) is 0 Å². The first-order valence-corrected chi connectivity index (χ1v) is 31.4. The predicted molar refractivity (Wildman–Crippen MR) is 294 cm³/mol. The maximum Gasteiger partial charge on any atom is 0.494 e. The summed E-state index contributed by atoms with van der Waals surface area (Å²) in [5.41, 5.74) is -1.00. The lowest BCUT2D eigenvalue weighted by Crippen LogP contribution is -2.41. The van der Waals surface area contributed by atoms with E-state index in [0.29, 0.717) is 0 Å². The van der Waals surface area contributed by atoms with Crippen LogP contribution in [-0.4, -0.2) is 70.9 Å². The summed E-state index contributed by atoms with van der Waals surface area (Å²) in [6, 6.07) is 38.7. The second-order valence-electron chi connectivity index (χ2n) is 24.5. The van der Waals surface area contributed by atoms with Crippen LogP contribution in [0.25, 0.3) is 64.6 Å². The molecule has 0 bridgehead atoms. The fraction of sp³-hybridized carbons (Fsp3) is 0.429. The first-order valence-electron chi connectivity index (χ1n) is 24.4. The summed E-state index contributed by atoms with van der Waals surface area (Å²) < 4.78 is 36.5. The lowest BCUT2D eigenvalue weighted by Gasteiger charge is -2.32. The molecule has 8 aromatic rings. The van der Waals surface area contributed by atoms with Gasteiger partial charge in [0, 0.05) is 0 Å². The van der Waals surface area contributed by atoms with Crippen molar-refractivity contribution in [1.82, 2.24) is 0 Å². The largest absolute Gasteiger partial charge is 0.494 e. The molecular weight excluding hydrogens is 857 g/mol. The summed E-state index contributed by atoms with van der Waals surface area (Å²) in [5.74, 6) is 0. The molecule has 3 aliphatic heterocycles. The van der Waals surface area contributed by atoms with Gasteiger partial charge in [-0.25, -0.2) is 0 Å². The van der Waals surface area contributed by atoms with Crippen molar-refractivity contribution in [3.05, 3.63) is 103 Å². The van der Waals surface area contributed by atoms with E-state index in [-0.39, 0.29) is 40.7 Å². The van der Waals surface area contributed by atoms with Gasteiger partial charge in [-0.3, -0.25) is 0 Å². The van der Waals surface area contributed by atoms with Gasteiger partial charge >= 0.3 is 21.1 Å². The molecule has 0 radical (unpaired) electrons. The second-order valence-corrected chi connectivity index (χ2v) is 34.6.